The van der Waals surface area contributed by atoms with Gasteiger partial charge in [-0.15, -0.1) is 0 Å². The van der Waals surface area contributed by atoms with E-state index in [0.717, 1.165) is 19.3 Å². The minimum absolute atomic E-state index is 0.0480. The third-order valence-corrected chi connectivity index (χ3v) is 5.15. The van der Waals surface area contributed by atoms with Gasteiger partial charge in [-0.05, 0) is 48.6 Å². The minimum atomic E-state index is -0.0809. The first-order valence-electron chi connectivity index (χ1n) is 9.51. The van der Waals surface area contributed by atoms with Crippen molar-refractivity contribution >= 4 is 11.7 Å². The monoisotopic (exact) mass is 365 g/mol. The van der Waals surface area contributed by atoms with Crippen LogP contribution in [0, 0.1) is 0 Å². The molecule has 0 saturated carbocycles. The van der Waals surface area contributed by atoms with Crippen LogP contribution < -0.4 is 14.8 Å². The maximum atomic E-state index is 12.4. The van der Waals surface area contributed by atoms with Gasteiger partial charge in [0.15, 0.2) is 17.3 Å². The second-order valence-electron chi connectivity index (χ2n) is 6.99. The highest BCUT2D eigenvalue weighted by atomic mass is 16.6. The van der Waals surface area contributed by atoms with Gasteiger partial charge in [0.25, 0.3) is 0 Å². The van der Waals surface area contributed by atoms with Crippen molar-refractivity contribution < 1.29 is 19.1 Å². The van der Waals surface area contributed by atoms with Crippen LogP contribution in [0.4, 0.5) is 0 Å². The van der Waals surface area contributed by atoms with Crippen LogP contribution in [0.2, 0.25) is 0 Å². The smallest absolute Gasteiger partial charge is 0.220 e. The molecular weight excluding hydrogens is 342 g/mol. The summed E-state index contributed by atoms with van der Waals surface area (Å²) in [7, 11) is 0. The molecule has 2 aromatic rings. The number of rotatable bonds is 5. The molecule has 2 aliphatic rings. The molecule has 140 valence electrons. The van der Waals surface area contributed by atoms with Crippen molar-refractivity contribution in [2.24, 2.45) is 0 Å². The van der Waals surface area contributed by atoms with E-state index in [1.807, 2.05) is 12.1 Å². The number of hydrogen-bond donors (Lipinski definition) is 1. The van der Waals surface area contributed by atoms with Crippen molar-refractivity contribution in [1.29, 1.82) is 0 Å². The van der Waals surface area contributed by atoms with Crippen LogP contribution in [-0.2, 0) is 11.2 Å². The van der Waals surface area contributed by atoms with Crippen molar-refractivity contribution in [2.75, 3.05) is 13.2 Å². The number of benzene rings is 2. The van der Waals surface area contributed by atoms with Gasteiger partial charge >= 0.3 is 0 Å². The lowest BCUT2D eigenvalue weighted by Gasteiger charge is -2.26. The Bertz CT molecular complexity index is 861. The Hall–Kier alpha value is -2.82. The van der Waals surface area contributed by atoms with Crippen LogP contribution >= 0.6 is 0 Å². The summed E-state index contributed by atoms with van der Waals surface area (Å²) < 4.78 is 11.0. The molecule has 1 heterocycles. The molecule has 5 nitrogen and oxygen atoms in total. The first-order valence-corrected chi connectivity index (χ1v) is 9.51. The number of aryl methyl sites for hydroxylation is 1. The number of carbonyl (C=O) groups is 2. The zero-order valence-electron chi connectivity index (χ0n) is 15.2. The lowest BCUT2D eigenvalue weighted by molar-refractivity contribution is -0.121. The summed E-state index contributed by atoms with van der Waals surface area (Å²) in [6.07, 6.45) is 3.44. The first-order chi connectivity index (χ1) is 13.2. The van der Waals surface area contributed by atoms with Gasteiger partial charge in [0, 0.05) is 18.4 Å². The molecule has 1 atom stereocenters. The van der Waals surface area contributed by atoms with Gasteiger partial charge in [-0.3, -0.25) is 9.59 Å². The fourth-order valence-electron chi connectivity index (χ4n) is 3.76. The Morgan fingerprint density at radius 2 is 1.81 bits per heavy atom. The number of Topliss-reactive ketones (excluding diaryl/α,β-unsaturated/α-hetero) is 1. The normalized spacial score (nSPS) is 17.7. The quantitative estimate of drug-likeness (QED) is 0.822. The largest absolute Gasteiger partial charge is 0.486 e. The molecule has 5 heteroatoms. The average molecular weight is 365 g/mol. The Kier molecular flexibility index (Phi) is 5.10. The van der Waals surface area contributed by atoms with Crippen molar-refractivity contribution in [3.8, 4) is 11.5 Å². The molecule has 2 aromatic carbocycles. The van der Waals surface area contributed by atoms with Gasteiger partial charge in [-0.25, -0.2) is 0 Å². The molecule has 0 fully saturated rings. The van der Waals surface area contributed by atoms with Crippen LogP contribution in [0.3, 0.4) is 0 Å². The topological polar surface area (TPSA) is 64.6 Å². The van der Waals surface area contributed by atoms with Gasteiger partial charge < -0.3 is 14.8 Å². The molecule has 0 radical (unpaired) electrons. The van der Waals surface area contributed by atoms with Gasteiger partial charge in [0.05, 0.1) is 6.04 Å². The van der Waals surface area contributed by atoms with Gasteiger partial charge in [0.1, 0.15) is 13.2 Å². The molecule has 4 rings (SSSR count). The average Bonchev–Trinajstić information content (AvgIpc) is 2.72. The molecular formula is C22H23NO4. The highest BCUT2D eigenvalue weighted by Crippen LogP contribution is 2.31. The SMILES string of the molecule is O=C(CCC(=O)c1ccc2c(c1)OCCO2)NC1CCCc2ccccc21. The molecule has 0 spiro atoms. The summed E-state index contributed by atoms with van der Waals surface area (Å²) in [5.74, 6) is 1.11. The number of ether oxygens (including phenoxy) is 2. The van der Waals surface area contributed by atoms with Crippen molar-refractivity contribution in [2.45, 2.75) is 38.1 Å². The third kappa shape index (κ3) is 3.97. The van der Waals surface area contributed by atoms with Crippen LogP contribution in [0.25, 0.3) is 0 Å². The molecule has 27 heavy (non-hydrogen) atoms. The van der Waals surface area contributed by atoms with Crippen LogP contribution in [0.1, 0.15) is 53.2 Å². The maximum absolute atomic E-state index is 12.4. The Morgan fingerprint density at radius 1 is 1.00 bits per heavy atom. The maximum Gasteiger partial charge on any atom is 0.220 e. The summed E-state index contributed by atoms with van der Waals surface area (Å²) in [6.45, 7) is 1.00. The lowest BCUT2D eigenvalue weighted by atomic mass is 9.87. The Labute approximate surface area is 158 Å². The molecule has 1 aliphatic heterocycles. The third-order valence-electron chi connectivity index (χ3n) is 5.15. The van der Waals surface area contributed by atoms with Crippen LogP contribution in [0.15, 0.2) is 42.5 Å². The summed E-state index contributed by atoms with van der Waals surface area (Å²) in [5, 5.41) is 3.10. The van der Waals surface area contributed by atoms with E-state index >= 15 is 0 Å². The highest BCUT2D eigenvalue weighted by Gasteiger charge is 2.22. The second kappa shape index (κ2) is 7.82. The molecule has 1 amide bonds. The van der Waals surface area contributed by atoms with Gasteiger partial charge in [0.2, 0.25) is 5.91 Å². The van der Waals surface area contributed by atoms with E-state index in [2.05, 4.69) is 17.4 Å². The van der Waals surface area contributed by atoms with Crippen molar-refractivity contribution in [3.63, 3.8) is 0 Å². The van der Waals surface area contributed by atoms with Crippen molar-refractivity contribution in [3.05, 3.63) is 59.2 Å². The Balaban J connectivity index is 1.34. The molecule has 0 saturated heterocycles. The fourth-order valence-corrected chi connectivity index (χ4v) is 3.76. The fraction of sp³-hybridized carbons (Fsp3) is 0.364. The van der Waals surface area contributed by atoms with Gasteiger partial charge in [-0.1, -0.05) is 24.3 Å². The van der Waals surface area contributed by atoms with E-state index < -0.39 is 0 Å². The summed E-state index contributed by atoms with van der Waals surface area (Å²) in [6, 6.07) is 13.5. The Morgan fingerprint density at radius 3 is 2.70 bits per heavy atom. The first kappa shape index (κ1) is 17.6. The van der Waals surface area contributed by atoms with E-state index in [-0.39, 0.29) is 30.6 Å². The summed E-state index contributed by atoms with van der Waals surface area (Å²) in [4.78, 5) is 24.8. The van der Waals surface area contributed by atoms with E-state index in [0.29, 0.717) is 30.3 Å². The minimum Gasteiger partial charge on any atom is -0.486 e. The molecule has 0 bridgehead atoms. The predicted molar refractivity (Wildman–Crippen MR) is 101 cm³/mol. The van der Waals surface area contributed by atoms with Gasteiger partial charge in [-0.2, -0.15) is 0 Å². The van der Waals surface area contributed by atoms with Crippen LogP contribution in [0.5, 0.6) is 11.5 Å². The number of nitrogens with one attached hydrogen (secondary N) is 1. The highest BCUT2D eigenvalue weighted by molar-refractivity contribution is 5.98. The van der Waals surface area contributed by atoms with Crippen molar-refractivity contribution in [1.82, 2.24) is 5.32 Å². The molecule has 1 N–H and O–H groups in total. The number of amides is 1. The number of fused-ring (bicyclic) bond motifs is 2. The number of ketones is 1. The molecule has 1 unspecified atom stereocenters. The number of carbonyl (C=O) groups excluding carboxylic acids is 2. The van der Waals surface area contributed by atoms with E-state index in [1.165, 1.54) is 11.1 Å². The molecule has 1 aliphatic carbocycles. The molecule has 0 aromatic heterocycles. The van der Waals surface area contributed by atoms with Crippen LogP contribution in [-0.4, -0.2) is 24.9 Å². The zero-order chi connectivity index (χ0) is 18.6. The predicted octanol–water partition coefficient (Wildman–Crippen LogP) is 3.61. The zero-order valence-corrected chi connectivity index (χ0v) is 15.2. The van der Waals surface area contributed by atoms with E-state index in [1.54, 1.807) is 18.2 Å². The van der Waals surface area contributed by atoms with E-state index in [9.17, 15) is 9.59 Å². The lowest BCUT2D eigenvalue weighted by Crippen LogP contribution is -2.31. The summed E-state index contributed by atoms with van der Waals surface area (Å²) in [5.41, 5.74) is 3.06. The van der Waals surface area contributed by atoms with E-state index in [4.69, 9.17) is 9.47 Å². The second-order valence-corrected chi connectivity index (χ2v) is 6.99. The summed E-state index contributed by atoms with van der Waals surface area (Å²) >= 11 is 0. The standard InChI is InChI=1S/C22H23NO4/c24-19(16-8-10-20-21(14-16)27-13-12-26-20)9-11-22(25)23-18-7-3-5-15-4-1-2-6-17(15)18/h1-2,4,6,8,10,14,18H,3,5,7,9,11-13H2,(H,23,25). The number of hydrogen-bond acceptors (Lipinski definition) is 4.